The van der Waals surface area contributed by atoms with E-state index >= 15 is 0 Å². The summed E-state index contributed by atoms with van der Waals surface area (Å²) in [5, 5.41) is 18.1. The zero-order valence-corrected chi connectivity index (χ0v) is 9.91. The Bertz CT molecular complexity index is 532. The molecule has 19 heavy (non-hydrogen) atoms. The first-order valence-corrected chi connectivity index (χ1v) is 5.28. The summed E-state index contributed by atoms with van der Waals surface area (Å²) in [6, 6.07) is 2.63. The lowest BCUT2D eigenvalue weighted by Gasteiger charge is -2.12. The van der Waals surface area contributed by atoms with E-state index in [-0.39, 0.29) is 12.2 Å². The number of carbonyl (C=O) groups excluding carboxylic acids is 1. The molecule has 0 heterocycles. The van der Waals surface area contributed by atoms with Crippen molar-refractivity contribution in [2.24, 2.45) is 0 Å². The van der Waals surface area contributed by atoms with E-state index in [4.69, 9.17) is 5.26 Å². The fourth-order valence-electron chi connectivity index (χ4n) is 1.47. The Morgan fingerprint density at radius 2 is 2.11 bits per heavy atom. The van der Waals surface area contributed by atoms with Crippen LogP contribution in [0, 0.1) is 11.3 Å². The first kappa shape index (κ1) is 14.8. The Labute approximate surface area is 107 Å². The number of aromatic hydroxyl groups is 1. The maximum absolute atomic E-state index is 12.7. The number of nitriles is 1. The van der Waals surface area contributed by atoms with Gasteiger partial charge in [0.2, 0.25) is 0 Å². The first-order chi connectivity index (χ1) is 8.79. The molecule has 1 rings (SSSR count). The predicted molar refractivity (Wildman–Crippen MR) is 58.2 cm³/mol. The Morgan fingerprint density at radius 1 is 1.47 bits per heavy atom. The van der Waals surface area contributed by atoms with E-state index in [9.17, 15) is 23.1 Å². The maximum Gasteiger partial charge on any atom is 0.417 e. The Morgan fingerprint density at radius 3 is 2.58 bits per heavy atom. The van der Waals surface area contributed by atoms with Crippen LogP contribution in [0.3, 0.4) is 0 Å². The van der Waals surface area contributed by atoms with Crippen molar-refractivity contribution in [2.45, 2.75) is 19.5 Å². The number of esters is 1. The van der Waals surface area contributed by atoms with Gasteiger partial charge in [0.25, 0.3) is 0 Å². The van der Waals surface area contributed by atoms with Gasteiger partial charge in [0.1, 0.15) is 5.75 Å². The van der Waals surface area contributed by atoms with Gasteiger partial charge in [-0.15, -0.1) is 0 Å². The average molecular weight is 273 g/mol. The van der Waals surface area contributed by atoms with Crippen LogP contribution >= 0.6 is 0 Å². The van der Waals surface area contributed by atoms with Crippen molar-refractivity contribution in [1.29, 1.82) is 5.26 Å². The summed E-state index contributed by atoms with van der Waals surface area (Å²) >= 11 is 0. The van der Waals surface area contributed by atoms with E-state index < -0.39 is 35.4 Å². The highest BCUT2D eigenvalue weighted by atomic mass is 19.4. The van der Waals surface area contributed by atoms with Crippen molar-refractivity contribution in [3.05, 3.63) is 28.8 Å². The lowest BCUT2D eigenvalue weighted by atomic mass is 10.0. The van der Waals surface area contributed by atoms with Gasteiger partial charge >= 0.3 is 12.1 Å². The molecule has 0 saturated carbocycles. The number of ether oxygens (including phenoxy) is 1. The van der Waals surface area contributed by atoms with Gasteiger partial charge < -0.3 is 9.84 Å². The van der Waals surface area contributed by atoms with Gasteiger partial charge in [0, 0.05) is 5.56 Å². The highest BCUT2D eigenvalue weighted by Gasteiger charge is 2.34. The van der Waals surface area contributed by atoms with Gasteiger partial charge in [-0.25, -0.2) is 0 Å². The van der Waals surface area contributed by atoms with E-state index in [0.717, 1.165) is 0 Å². The molecular formula is C12H10F3NO3. The molecule has 0 bridgehead atoms. The second-order valence-electron chi connectivity index (χ2n) is 3.62. The van der Waals surface area contributed by atoms with Gasteiger partial charge in [0.15, 0.2) is 0 Å². The monoisotopic (exact) mass is 273 g/mol. The van der Waals surface area contributed by atoms with Crippen LogP contribution in [0.25, 0.3) is 0 Å². The minimum atomic E-state index is -4.73. The molecule has 0 aliphatic rings. The molecule has 0 atom stereocenters. The number of hydrogen-bond acceptors (Lipinski definition) is 4. The van der Waals surface area contributed by atoms with Crippen LogP contribution in [0.2, 0.25) is 0 Å². The van der Waals surface area contributed by atoms with E-state index in [1.807, 2.05) is 0 Å². The van der Waals surface area contributed by atoms with Crippen molar-refractivity contribution < 1.29 is 27.8 Å². The fraction of sp³-hybridized carbons (Fsp3) is 0.333. The number of alkyl halides is 3. The van der Waals surface area contributed by atoms with Crippen LogP contribution in [0.15, 0.2) is 12.1 Å². The summed E-state index contributed by atoms with van der Waals surface area (Å²) in [4.78, 5) is 11.2. The molecule has 0 saturated heterocycles. The van der Waals surface area contributed by atoms with Crippen LogP contribution in [-0.4, -0.2) is 17.7 Å². The lowest BCUT2D eigenvalue weighted by Crippen LogP contribution is -2.12. The molecule has 4 nitrogen and oxygen atoms in total. The number of carbonyl (C=O) groups is 1. The quantitative estimate of drug-likeness (QED) is 0.858. The number of nitrogens with zero attached hydrogens (tertiary/aromatic N) is 1. The molecular weight excluding hydrogens is 263 g/mol. The molecule has 1 aromatic carbocycles. The second kappa shape index (κ2) is 5.61. The Hall–Kier alpha value is -2.23. The van der Waals surface area contributed by atoms with Gasteiger partial charge in [-0.1, -0.05) is 0 Å². The van der Waals surface area contributed by atoms with Crippen molar-refractivity contribution in [3.8, 4) is 11.8 Å². The van der Waals surface area contributed by atoms with Crippen LogP contribution in [0.1, 0.15) is 23.6 Å². The summed E-state index contributed by atoms with van der Waals surface area (Å²) in [5.41, 5.74) is -2.12. The highest BCUT2D eigenvalue weighted by molar-refractivity contribution is 5.74. The van der Waals surface area contributed by atoms with Crippen LogP contribution in [0.5, 0.6) is 5.75 Å². The van der Waals surface area contributed by atoms with E-state index in [2.05, 4.69) is 4.74 Å². The standard InChI is InChI=1S/C12H10F3NO3/c1-2-19-11(18)5-7-3-9(12(13,14)15)8(6-16)4-10(7)17/h3-4,17H,2,5H2,1H3. The van der Waals surface area contributed by atoms with E-state index in [1.54, 1.807) is 6.92 Å². The smallest absolute Gasteiger partial charge is 0.417 e. The molecule has 0 fully saturated rings. The molecule has 0 aliphatic carbocycles. The van der Waals surface area contributed by atoms with Gasteiger partial charge in [-0.3, -0.25) is 4.79 Å². The second-order valence-corrected chi connectivity index (χ2v) is 3.62. The number of rotatable bonds is 3. The lowest BCUT2D eigenvalue weighted by molar-refractivity contribution is -0.142. The minimum Gasteiger partial charge on any atom is -0.508 e. The summed E-state index contributed by atoms with van der Waals surface area (Å²) in [6.07, 6.45) is -5.23. The molecule has 0 unspecified atom stereocenters. The average Bonchev–Trinajstić information content (AvgIpc) is 2.30. The highest BCUT2D eigenvalue weighted by Crippen LogP contribution is 2.35. The number of phenolic OH excluding ortho intramolecular Hbond substituents is 1. The third-order valence-corrected chi connectivity index (χ3v) is 2.28. The van der Waals surface area contributed by atoms with Crippen LogP contribution in [-0.2, 0) is 22.1 Å². The summed E-state index contributed by atoms with van der Waals surface area (Å²) in [5.74, 6) is -1.30. The van der Waals surface area contributed by atoms with E-state index in [1.165, 1.54) is 6.07 Å². The van der Waals surface area contributed by atoms with E-state index in [0.29, 0.717) is 12.1 Å². The fourth-order valence-corrected chi connectivity index (χ4v) is 1.47. The molecule has 0 radical (unpaired) electrons. The van der Waals surface area contributed by atoms with Gasteiger partial charge in [0.05, 0.1) is 30.2 Å². The molecule has 1 aromatic rings. The number of benzene rings is 1. The molecule has 0 spiro atoms. The minimum absolute atomic E-state index is 0.0853. The van der Waals surface area contributed by atoms with Crippen molar-refractivity contribution >= 4 is 5.97 Å². The van der Waals surface area contributed by atoms with Gasteiger partial charge in [-0.05, 0) is 19.1 Å². The van der Waals surface area contributed by atoms with Crippen molar-refractivity contribution in [1.82, 2.24) is 0 Å². The molecule has 0 aromatic heterocycles. The summed E-state index contributed by atoms with van der Waals surface area (Å²) in [6.45, 7) is 1.64. The largest absolute Gasteiger partial charge is 0.508 e. The predicted octanol–water partition coefficient (Wildman–Crippen LogP) is 2.39. The molecule has 0 amide bonds. The molecule has 0 aliphatic heterocycles. The summed E-state index contributed by atoms with van der Waals surface area (Å²) < 4.78 is 42.6. The Kier molecular flexibility index (Phi) is 4.38. The number of phenols is 1. The zero-order chi connectivity index (χ0) is 14.6. The number of hydrogen-bond donors (Lipinski definition) is 1. The van der Waals surface area contributed by atoms with Crippen molar-refractivity contribution in [2.75, 3.05) is 6.61 Å². The molecule has 102 valence electrons. The maximum atomic E-state index is 12.7. The van der Waals surface area contributed by atoms with Crippen molar-refractivity contribution in [3.63, 3.8) is 0 Å². The third-order valence-electron chi connectivity index (χ3n) is 2.28. The molecule has 7 heteroatoms. The topological polar surface area (TPSA) is 70.3 Å². The first-order valence-electron chi connectivity index (χ1n) is 5.28. The van der Waals surface area contributed by atoms with Gasteiger partial charge in [-0.2, -0.15) is 18.4 Å². The van der Waals surface area contributed by atoms with Crippen LogP contribution in [0.4, 0.5) is 13.2 Å². The normalized spacial score (nSPS) is 10.9. The zero-order valence-electron chi connectivity index (χ0n) is 9.91. The third kappa shape index (κ3) is 3.61. The molecule has 1 N–H and O–H groups in total. The SMILES string of the molecule is CCOC(=O)Cc1cc(C(F)(F)F)c(C#N)cc1O. The Balaban J connectivity index is 3.21. The number of halogens is 3. The van der Waals surface area contributed by atoms with Crippen LogP contribution < -0.4 is 0 Å². The summed E-state index contributed by atoms with van der Waals surface area (Å²) in [7, 11) is 0.